The number of amidine groups is 2. The lowest BCUT2D eigenvalue weighted by Gasteiger charge is -2.22. The van der Waals surface area contributed by atoms with Gasteiger partial charge < -0.3 is 0 Å². The molecule has 0 saturated carbocycles. The zero-order valence-corrected chi connectivity index (χ0v) is 6.86. The highest BCUT2D eigenvalue weighted by molar-refractivity contribution is 6.39. The molecule has 0 aromatic rings. The molecule has 1 heterocycles. The van der Waals surface area contributed by atoms with Crippen LogP contribution in [-0.2, 0) is 19.2 Å². The van der Waals surface area contributed by atoms with E-state index >= 15 is 0 Å². The van der Waals surface area contributed by atoms with E-state index in [1.165, 1.54) is 0 Å². The Hall–Kier alpha value is -2.18. The number of rotatable bonds is 4. The fourth-order valence-electron chi connectivity index (χ4n) is 0.894. The first-order chi connectivity index (χ1) is 6.76. The van der Waals surface area contributed by atoms with Crippen molar-refractivity contribution in [3.05, 3.63) is 0 Å². The summed E-state index contributed by atoms with van der Waals surface area (Å²) < 4.78 is 0. The zero-order chi connectivity index (χ0) is 10.6. The average molecular weight is 195 g/mol. The van der Waals surface area contributed by atoms with Crippen molar-refractivity contribution in [2.24, 2.45) is 9.98 Å². The van der Waals surface area contributed by atoms with Crippen molar-refractivity contribution in [1.82, 2.24) is 4.90 Å². The van der Waals surface area contributed by atoms with Crippen LogP contribution >= 0.6 is 0 Å². The van der Waals surface area contributed by atoms with Crippen molar-refractivity contribution in [2.45, 2.75) is 6.17 Å². The fourth-order valence-corrected chi connectivity index (χ4v) is 0.894. The maximum atomic E-state index is 10.5. The number of carbonyl (C=O) groups excluding carboxylic acids is 4. The molecular formula is C7H5N3O4. The Balaban J connectivity index is 3.13. The van der Waals surface area contributed by atoms with Crippen LogP contribution in [0.5, 0.6) is 0 Å². The summed E-state index contributed by atoms with van der Waals surface area (Å²) in [5.74, 6) is -0.600. The van der Waals surface area contributed by atoms with Crippen LogP contribution < -0.4 is 0 Å². The number of hydrogen-bond donors (Lipinski definition) is 0. The molecule has 72 valence electrons. The normalized spacial score (nSPS) is 20.6. The molecule has 14 heavy (non-hydrogen) atoms. The Bertz CT molecular complexity index is 347. The van der Waals surface area contributed by atoms with Crippen LogP contribution in [0.1, 0.15) is 0 Å². The van der Waals surface area contributed by atoms with Crippen molar-refractivity contribution in [3.8, 4) is 0 Å². The molecule has 1 aliphatic heterocycles. The Kier molecular flexibility index (Phi) is 2.95. The first-order valence-electron chi connectivity index (χ1n) is 3.52. The summed E-state index contributed by atoms with van der Waals surface area (Å²) in [6.45, 7) is 0. The molecule has 1 unspecified atom stereocenters. The maximum absolute atomic E-state index is 10.5. The van der Waals surface area contributed by atoms with Gasteiger partial charge in [-0.3, -0.25) is 24.1 Å². The molecule has 1 amide bonds. The predicted molar refractivity (Wildman–Crippen MR) is 44.8 cm³/mol. The second kappa shape index (κ2) is 4.17. The topological polar surface area (TPSA) is 96.2 Å². The van der Waals surface area contributed by atoms with E-state index in [-0.39, 0.29) is 24.4 Å². The van der Waals surface area contributed by atoms with Crippen LogP contribution in [0.15, 0.2) is 9.98 Å². The van der Waals surface area contributed by atoms with Gasteiger partial charge in [-0.25, -0.2) is 9.98 Å². The highest BCUT2D eigenvalue weighted by Gasteiger charge is 2.25. The fraction of sp³-hybridized carbons (Fsp3) is 0.143. The molecule has 0 aromatic heterocycles. The van der Waals surface area contributed by atoms with Crippen LogP contribution in [0.2, 0.25) is 0 Å². The second-order valence-corrected chi connectivity index (χ2v) is 2.26. The van der Waals surface area contributed by atoms with Gasteiger partial charge in [0.15, 0.2) is 36.7 Å². The van der Waals surface area contributed by atoms with Gasteiger partial charge in [0.2, 0.25) is 6.41 Å². The van der Waals surface area contributed by atoms with E-state index in [9.17, 15) is 19.2 Å². The third-order valence-electron chi connectivity index (χ3n) is 1.49. The molecule has 0 radical (unpaired) electrons. The third-order valence-corrected chi connectivity index (χ3v) is 1.49. The molecule has 7 nitrogen and oxygen atoms in total. The van der Waals surface area contributed by atoms with E-state index in [4.69, 9.17) is 0 Å². The molecule has 1 atom stereocenters. The Morgan fingerprint density at radius 3 is 2.29 bits per heavy atom. The largest absolute Gasteiger partial charge is 0.299 e. The van der Waals surface area contributed by atoms with Crippen LogP contribution in [0.4, 0.5) is 0 Å². The molecule has 7 heteroatoms. The van der Waals surface area contributed by atoms with Crippen LogP contribution in [-0.4, -0.2) is 48.0 Å². The van der Waals surface area contributed by atoms with Crippen LogP contribution in [0.25, 0.3) is 0 Å². The molecular weight excluding hydrogens is 190 g/mol. The summed E-state index contributed by atoms with van der Waals surface area (Å²) in [6, 6.07) is 0. The molecule has 1 aliphatic rings. The quantitative estimate of drug-likeness (QED) is 0.493. The number of amides is 1. The molecule has 0 bridgehead atoms. The maximum Gasteiger partial charge on any atom is 0.217 e. The predicted octanol–water partition coefficient (Wildman–Crippen LogP) is -1.82. The third kappa shape index (κ3) is 1.60. The van der Waals surface area contributed by atoms with Crippen molar-refractivity contribution in [2.75, 3.05) is 0 Å². The number of aliphatic imine (C=N–C) groups is 2. The number of nitrogens with zero attached hydrogens (tertiary/aromatic N) is 3. The van der Waals surface area contributed by atoms with Gasteiger partial charge in [-0.15, -0.1) is 0 Å². The van der Waals surface area contributed by atoms with Gasteiger partial charge >= 0.3 is 0 Å². The summed E-state index contributed by atoms with van der Waals surface area (Å²) in [6.07, 6.45) is -0.0519. The number of carbonyl (C=O) groups is 4. The Morgan fingerprint density at radius 1 is 1.14 bits per heavy atom. The minimum atomic E-state index is -1.19. The van der Waals surface area contributed by atoms with E-state index in [0.29, 0.717) is 12.6 Å². The van der Waals surface area contributed by atoms with E-state index in [1.54, 1.807) is 0 Å². The molecule has 0 N–H and O–H groups in total. The monoisotopic (exact) mass is 195 g/mol. The summed E-state index contributed by atoms with van der Waals surface area (Å²) in [4.78, 5) is 49.3. The van der Waals surface area contributed by atoms with E-state index in [1.807, 2.05) is 0 Å². The lowest BCUT2D eigenvalue weighted by Crippen LogP contribution is -2.43. The number of hydrogen-bond acceptors (Lipinski definition) is 6. The van der Waals surface area contributed by atoms with E-state index in [0.717, 1.165) is 4.90 Å². The highest BCUT2D eigenvalue weighted by atomic mass is 16.2. The summed E-state index contributed by atoms with van der Waals surface area (Å²) in [5.41, 5.74) is 0. The van der Waals surface area contributed by atoms with Crippen molar-refractivity contribution >= 4 is 36.9 Å². The molecule has 0 fully saturated rings. The molecule has 1 rings (SSSR count). The lowest BCUT2D eigenvalue weighted by atomic mass is 10.4. The van der Waals surface area contributed by atoms with Gasteiger partial charge in [0.1, 0.15) is 0 Å². The second-order valence-electron chi connectivity index (χ2n) is 2.26. The smallest absolute Gasteiger partial charge is 0.217 e. The highest BCUT2D eigenvalue weighted by Crippen LogP contribution is 2.04. The van der Waals surface area contributed by atoms with E-state index in [2.05, 4.69) is 9.98 Å². The Morgan fingerprint density at radius 2 is 1.86 bits per heavy atom. The van der Waals surface area contributed by atoms with Crippen molar-refractivity contribution < 1.29 is 19.2 Å². The molecule has 0 aliphatic carbocycles. The molecule has 0 saturated heterocycles. The average Bonchev–Trinajstić information content (AvgIpc) is 2.26. The van der Waals surface area contributed by atoms with Crippen molar-refractivity contribution in [1.29, 1.82) is 0 Å². The standard InChI is InChI=1S/C7H5N3O4/c11-1-5-8-6(2-12)10(4-14)7(3-13)9-5/h1-4,6H. The first kappa shape index (κ1) is 9.90. The van der Waals surface area contributed by atoms with Gasteiger partial charge in [0, 0.05) is 0 Å². The van der Waals surface area contributed by atoms with Gasteiger partial charge in [0.05, 0.1) is 0 Å². The van der Waals surface area contributed by atoms with Gasteiger partial charge in [0.25, 0.3) is 0 Å². The van der Waals surface area contributed by atoms with E-state index < -0.39 is 6.17 Å². The van der Waals surface area contributed by atoms with Gasteiger partial charge in [-0.2, -0.15) is 0 Å². The SMILES string of the molecule is O=CC1=NC(C=O)N(C=O)C(C=O)=N1. The summed E-state index contributed by atoms with van der Waals surface area (Å²) in [7, 11) is 0. The zero-order valence-electron chi connectivity index (χ0n) is 6.86. The van der Waals surface area contributed by atoms with Gasteiger partial charge in [-0.05, 0) is 0 Å². The van der Waals surface area contributed by atoms with Gasteiger partial charge in [-0.1, -0.05) is 0 Å². The summed E-state index contributed by atoms with van der Waals surface area (Å²) >= 11 is 0. The number of aldehydes is 3. The van der Waals surface area contributed by atoms with Crippen molar-refractivity contribution in [3.63, 3.8) is 0 Å². The molecule has 0 spiro atoms. The molecule has 0 aromatic carbocycles. The summed E-state index contributed by atoms with van der Waals surface area (Å²) in [5, 5.41) is 0. The minimum absolute atomic E-state index is 0.247. The lowest BCUT2D eigenvalue weighted by molar-refractivity contribution is -0.122. The van der Waals surface area contributed by atoms with Crippen LogP contribution in [0, 0.1) is 0 Å². The first-order valence-corrected chi connectivity index (χ1v) is 3.52. The minimum Gasteiger partial charge on any atom is -0.299 e. The Labute approximate surface area is 78.1 Å². The van der Waals surface area contributed by atoms with Crippen LogP contribution in [0.3, 0.4) is 0 Å².